The smallest absolute Gasteiger partial charge is 0.230 e. The number of allylic oxidation sites excluding steroid dienone is 2. The number of hydrogen-bond donors (Lipinski definition) is 1. The van der Waals surface area contributed by atoms with E-state index in [1.54, 1.807) is 7.11 Å². The highest BCUT2D eigenvalue weighted by Gasteiger charge is 2.32. The highest BCUT2D eigenvalue weighted by atomic mass is 79.9. The van der Waals surface area contributed by atoms with E-state index >= 15 is 0 Å². The number of methoxy groups -OCH3 is 1. The number of aromatic hydroxyl groups is 1. The number of hydrogen-bond acceptors (Lipinski definition) is 6. The zero-order valence-electron chi connectivity index (χ0n) is 18.0. The second-order valence-electron chi connectivity index (χ2n) is 8.28. The number of thiazole rings is 1. The van der Waals surface area contributed by atoms with Gasteiger partial charge in [0.1, 0.15) is 5.75 Å². The van der Waals surface area contributed by atoms with Crippen LogP contribution in [-0.4, -0.2) is 21.8 Å². The molecule has 1 aliphatic heterocycles. The van der Waals surface area contributed by atoms with Gasteiger partial charge in [-0.3, -0.25) is 0 Å². The first kappa shape index (κ1) is 20.9. The molecule has 32 heavy (non-hydrogen) atoms. The molecule has 6 nitrogen and oxygen atoms in total. The summed E-state index contributed by atoms with van der Waals surface area (Å²) in [4.78, 5) is 4.59. The van der Waals surface area contributed by atoms with Crippen molar-refractivity contribution in [3.05, 3.63) is 57.9 Å². The van der Waals surface area contributed by atoms with Crippen LogP contribution in [-0.2, 0) is 5.54 Å². The fraction of sp³-hybridized carbons (Fsp3) is 0.208. The Hall–Kier alpha value is -2.97. The first-order chi connectivity index (χ1) is 15.3. The first-order valence-electron chi connectivity index (χ1n) is 10.1. The van der Waals surface area contributed by atoms with E-state index in [9.17, 15) is 5.11 Å². The summed E-state index contributed by atoms with van der Waals surface area (Å²) in [6, 6.07) is 11.8. The van der Waals surface area contributed by atoms with Crippen LogP contribution in [0.25, 0.3) is 27.7 Å². The number of ether oxygens (including phenoxy) is 1. The fourth-order valence-corrected chi connectivity index (χ4v) is 5.18. The molecule has 2 aromatic carbocycles. The van der Waals surface area contributed by atoms with Gasteiger partial charge in [-0.15, -0.1) is 21.6 Å². The molecule has 0 saturated carbocycles. The largest absolute Gasteiger partial charge is 0.497 e. The molecule has 1 aliphatic rings. The van der Waals surface area contributed by atoms with Gasteiger partial charge in [-0.25, -0.2) is 4.98 Å². The third-order valence-electron chi connectivity index (χ3n) is 5.66. The van der Waals surface area contributed by atoms with Gasteiger partial charge in [0.05, 0.1) is 23.9 Å². The van der Waals surface area contributed by atoms with Gasteiger partial charge in [0.15, 0.2) is 5.69 Å². The van der Waals surface area contributed by atoms with Crippen molar-refractivity contribution in [2.75, 3.05) is 7.11 Å². The number of benzene rings is 2. The van der Waals surface area contributed by atoms with E-state index in [0.29, 0.717) is 16.6 Å². The summed E-state index contributed by atoms with van der Waals surface area (Å²) < 4.78 is 8.44. The van der Waals surface area contributed by atoms with Crippen molar-refractivity contribution in [1.82, 2.24) is 9.55 Å². The Labute approximate surface area is 198 Å². The Morgan fingerprint density at radius 3 is 2.62 bits per heavy atom. The summed E-state index contributed by atoms with van der Waals surface area (Å²) in [5.41, 5.74) is 4.93. The number of rotatable bonds is 4. The molecule has 0 unspecified atom stereocenters. The summed E-state index contributed by atoms with van der Waals surface area (Å²) >= 11 is 4.86. The van der Waals surface area contributed by atoms with Crippen molar-refractivity contribution < 1.29 is 9.84 Å². The molecule has 0 fully saturated rings. The second-order valence-corrected chi connectivity index (χ2v) is 10.0. The zero-order valence-corrected chi connectivity index (χ0v) is 20.5. The SMILES string of the molecule is COc1cc2c3c(c1)c(N=Nc1nc(-c4ccc(Br)cc4)cs1)c(O)n3C(C)(C)C=C2C. The average Bonchev–Trinajstić information content (AvgIpc) is 3.33. The van der Waals surface area contributed by atoms with Crippen LogP contribution in [0.15, 0.2) is 62.6 Å². The Kier molecular flexibility index (Phi) is 4.94. The van der Waals surface area contributed by atoms with E-state index < -0.39 is 5.54 Å². The lowest BCUT2D eigenvalue weighted by Crippen LogP contribution is -2.26. The van der Waals surface area contributed by atoms with E-state index in [0.717, 1.165) is 37.8 Å². The fourth-order valence-electron chi connectivity index (χ4n) is 4.27. The second kappa shape index (κ2) is 7.56. The van der Waals surface area contributed by atoms with Gasteiger partial charge >= 0.3 is 0 Å². The molecule has 3 heterocycles. The van der Waals surface area contributed by atoms with Crippen molar-refractivity contribution in [2.24, 2.45) is 10.2 Å². The van der Waals surface area contributed by atoms with E-state index in [-0.39, 0.29) is 5.88 Å². The monoisotopic (exact) mass is 508 g/mol. The lowest BCUT2D eigenvalue weighted by atomic mass is 9.92. The van der Waals surface area contributed by atoms with E-state index in [2.05, 4.69) is 58.0 Å². The van der Waals surface area contributed by atoms with Crippen LogP contribution in [0.4, 0.5) is 10.8 Å². The summed E-state index contributed by atoms with van der Waals surface area (Å²) in [6.07, 6.45) is 2.14. The van der Waals surface area contributed by atoms with Gasteiger partial charge in [0.25, 0.3) is 0 Å². The third-order valence-corrected chi connectivity index (χ3v) is 6.91. The highest BCUT2D eigenvalue weighted by Crippen LogP contribution is 2.49. The minimum absolute atomic E-state index is 0.0803. The standard InChI is InChI=1S/C24H21BrN4O2S/c1-13-11-24(2,3)29-21-17(13)9-16(31-4)10-18(21)20(22(29)30)27-28-23-26-19(12-32-23)14-5-7-15(25)8-6-14/h5-12,30H,1-4H3. The molecule has 162 valence electrons. The van der Waals surface area contributed by atoms with Crippen LogP contribution in [0.5, 0.6) is 11.6 Å². The quantitative estimate of drug-likeness (QED) is 0.285. The van der Waals surface area contributed by atoms with Gasteiger partial charge in [-0.2, -0.15) is 0 Å². The van der Waals surface area contributed by atoms with Crippen LogP contribution in [0.3, 0.4) is 0 Å². The minimum atomic E-state index is -0.405. The Morgan fingerprint density at radius 2 is 1.91 bits per heavy atom. The van der Waals surface area contributed by atoms with Crippen LogP contribution in [0.2, 0.25) is 0 Å². The predicted molar refractivity (Wildman–Crippen MR) is 133 cm³/mol. The molecule has 4 aromatic rings. The lowest BCUT2D eigenvalue weighted by molar-refractivity contribution is 0.362. The van der Waals surface area contributed by atoms with Gasteiger partial charge in [0, 0.05) is 26.4 Å². The molecular formula is C24H21BrN4O2S. The molecule has 0 radical (unpaired) electrons. The number of azo groups is 1. The normalized spacial score (nSPS) is 14.8. The first-order valence-corrected chi connectivity index (χ1v) is 11.7. The number of nitrogens with zero attached hydrogens (tertiary/aromatic N) is 4. The minimum Gasteiger partial charge on any atom is -0.497 e. The Morgan fingerprint density at radius 1 is 1.16 bits per heavy atom. The average molecular weight is 509 g/mol. The summed E-state index contributed by atoms with van der Waals surface area (Å²) in [6.45, 7) is 6.20. The van der Waals surface area contributed by atoms with Gasteiger partial charge in [0.2, 0.25) is 11.0 Å². The van der Waals surface area contributed by atoms with Crippen molar-refractivity contribution in [1.29, 1.82) is 0 Å². The molecule has 1 N–H and O–H groups in total. The molecule has 0 aliphatic carbocycles. The molecular weight excluding hydrogens is 488 g/mol. The maximum atomic E-state index is 11.2. The molecule has 0 atom stereocenters. The van der Waals surface area contributed by atoms with E-state index in [4.69, 9.17) is 4.74 Å². The number of aromatic nitrogens is 2. The number of halogens is 1. The molecule has 0 spiro atoms. The maximum absolute atomic E-state index is 11.2. The van der Waals surface area contributed by atoms with Crippen molar-refractivity contribution in [3.63, 3.8) is 0 Å². The van der Waals surface area contributed by atoms with Crippen molar-refractivity contribution in [2.45, 2.75) is 26.3 Å². The van der Waals surface area contributed by atoms with Crippen LogP contribution >= 0.6 is 27.3 Å². The summed E-state index contributed by atoms with van der Waals surface area (Å²) in [5.74, 6) is 0.789. The maximum Gasteiger partial charge on any atom is 0.230 e. The molecule has 5 rings (SSSR count). The van der Waals surface area contributed by atoms with Crippen LogP contribution in [0, 0.1) is 0 Å². The van der Waals surface area contributed by atoms with Gasteiger partial charge < -0.3 is 14.4 Å². The highest BCUT2D eigenvalue weighted by molar-refractivity contribution is 9.10. The Balaban J connectivity index is 1.61. The van der Waals surface area contributed by atoms with Crippen LogP contribution in [0.1, 0.15) is 26.3 Å². The third kappa shape index (κ3) is 3.34. The molecule has 0 saturated heterocycles. The lowest BCUT2D eigenvalue weighted by Gasteiger charge is -2.31. The summed E-state index contributed by atoms with van der Waals surface area (Å²) in [5, 5.41) is 23.2. The summed E-state index contributed by atoms with van der Waals surface area (Å²) in [7, 11) is 1.64. The van der Waals surface area contributed by atoms with Crippen LogP contribution < -0.4 is 4.74 Å². The predicted octanol–water partition coefficient (Wildman–Crippen LogP) is 7.81. The van der Waals surface area contributed by atoms with E-state index in [1.807, 2.05) is 46.3 Å². The molecule has 8 heteroatoms. The van der Waals surface area contributed by atoms with E-state index in [1.165, 1.54) is 11.3 Å². The molecule has 0 bridgehead atoms. The van der Waals surface area contributed by atoms with Gasteiger partial charge in [-0.1, -0.05) is 34.1 Å². The zero-order chi connectivity index (χ0) is 22.6. The van der Waals surface area contributed by atoms with Gasteiger partial charge in [-0.05, 0) is 50.6 Å². The topological polar surface area (TPSA) is 72.0 Å². The molecule has 2 aromatic heterocycles. The Bertz CT molecular complexity index is 1410. The van der Waals surface area contributed by atoms with Crippen molar-refractivity contribution in [3.8, 4) is 22.9 Å². The van der Waals surface area contributed by atoms with Crippen molar-refractivity contribution >= 4 is 54.6 Å². The molecule has 0 amide bonds.